The Kier molecular flexibility index (Phi) is 3.73. The molecule has 2 aromatic rings. The van der Waals surface area contributed by atoms with Gasteiger partial charge in [-0.05, 0) is 42.5 Å². The first-order valence-corrected chi connectivity index (χ1v) is 8.41. The number of halogens is 2. The van der Waals surface area contributed by atoms with Gasteiger partial charge in [-0.3, -0.25) is 10.1 Å². The number of H-pyrrole nitrogens is 1. The molecular weight excluding hydrogens is 351 g/mol. The zero-order chi connectivity index (χ0) is 16.8. The first kappa shape index (κ1) is 15.5. The molecule has 2 bridgehead atoms. The summed E-state index contributed by atoms with van der Waals surface area (Å²) in [4.78, 5) is 32.8. The molecule has 2 aliphatic rings. The minimum absolute atomic E-state index is 0.0293. The Hall–Kier alpha value is -2.05. The van der Waals surface area contributed by atoms with E-state index < -0.39 is 0 Å². The summed E-state index contributed by atoms with van der Waals surface area (Å²) in [6.45, 7) is 0. The lowest BCUT2D eigenvalue weighted by Gasteiger charge is -2.35. The molecule has 2 aliphatic heterocycles. The van der Waals surface area contributed by atoms with Gasteiger partial charge in [0.1, 0.15) is 11.0 Å². The lowest BCUT2D eigenvalue weighted by molar-refractivity contribution is 0.179. The first-order valence-electron chi connectivity index (χ1n) is 7.66. The van der Waals surface area contributed by atoms with Crippen molar-refractivity contribution in [1.29, 1.82) is 0 Å². The minimum atomic E-state index is -0.217. The predicted molar refractivity (Wildman–Crippen MR) is 91.6 cm³/mol. The SMILES string of the molecule is O=C(Nc1ccc(Cl)c(Cl)n1)N1[C@H]2CC[C@@H]1c1c[nH]c(=O)cc1C2. The molecule has 2 amide bonds. The van der Waals surface area contributed by atoms with Gasteiger partial charge in [0.25, 0.3) is 0 Å². The molecule has 2 atom stereocenters. The van der Waals surface area contributed by atoms with E-state index in [1.807, 2.05) is 4.90 Å². The summed E-state index contributed by atoms with van der Waals surface area (Å²) in [5.74, 6) is 0.362. The van der Waals surface area contributed by atoms with Crippen molar-refractivity contribution in [3.8, 4) is 0 Å². The molecule has 0 aliphatic carbocycles. The Morgan fingerprint density at radius 2 is 2.17 bits per heavy atom. The van der Waals surface area contributed by atoms with Crippen LogP contribution in [0, 0.1) is 0 Å². The van der Waals surface area contributed by atoms with Crippen LogP contribution in [-0.2, 0) is 6.42 Å². The molecule has 1 saturated heterocycles. The molecule has 4 rings (SSSR count). The first-order chi connectivity index (χ1) is 11.5. The van der Waals surface area contributed by atoms with E-state index in [9.17, 15) is 9.59 Å². The van der Waals surface area contributed by atoms with E-state index in [0.717, 1.165) is 24.0 Å². The van der Waals surface area contributed by atoms with Crippen molar-refractivity contribution in [1.82, 2.24) is 14.9 Å². The number of carbonyl (C=O) groups is 1. The third-order valence-electron chi connectivity index (χ3n) is 4.64. The topological polar surface area (TPSA) is 78.1 Å². The van der Waals surface area contributed by atoms with Gasteiger partial charge in [0.2, 0.25) is 5.56 Å². The molecule has 0 unspecified atom stereocenters. The van der Waals surface area contributed by atoms with E-state index in [1.54, 1.807) is 24.4 Å². The maximum atomic E-state index is 12.7. The predicted octanol–water partition coefficient (Wildman–Crippen LogP) is 3.37. The van der Waals surface area contributed by atoms with Crippen molar-refractivity contribution < 1.29 is 4.79 Å². The van der Waals surface area contributed by atoms with Gasteiger partial charge >= 0.3 is 6.03 Å². The molecule has 0 spiro atoms. The van der Waals surface area contributed by atoms with Gasteiger partial charge in [-0.25, -0.2) is 9.78 Å². The number of anilines is 1. The molecule has 6 nitrogen and oxygen atoms in total. The van der Waals surface area contributed by atoms with E-state index in [2.05, 4.69) is 15.3 Å². The summed E-state index contributed by atoms with van der Waals surface area (Å²) in [5, 5.41) is 3.27. The fraction of sp³-hybridized carbons (Fsp3) is 0.312. The third-order valence-corrected chi connectivity index (χ3v) is 5.33. The second-order valence-electron chi connectivity index (χ2n) is 6.04. The normalized spacial score (nSPS) is 21.5. The maximum Gasteiger partial charge on any atom is 0.323 e. The average molecular weight is 365 g/mol. The summed E-state index contributed by atoms with van der Waals surface area (Å²) in [7, 11) is 0. The Morgan fingerprint density at radius 1 is 1.33 bits per heavy atom. The largest absolute Gasteiger partial charge is 0.329 e. The number of aromatic amines is 1. The van der Waals surface area contributed by atoms with Crippen molar-refractivity contribution in [2.24, 2.45) is 0 Å². The van der Waals surface area contributed by atoms with Gasteiger partial charge in [-0.2, -0.15) is 0 Å². The number of fused-ring (bicyclic) bond motifs is 4. The zero-order valence-corrected chi connectivity index (χ0v) is 14.1. The van der Waals surface area contributed by atoms with Gasteiger partial charge in [-0.1, -0.05) is 23.2 Å². The van der Waals surface area contributed by atoms with Crippen molar-refractivity contribution in [2.75, 3.05) is 5.32 Å². The number of urea groups is 1. The third kappa shape index (κ3) is 2.56. The molecule has 0 saturated carbocycles. The number of aromatic nitrogens is 2. The summed E-state index contributed by atoms with van der Waals surface area (Å²) in [6.07, 6.45) is 4.21. The van der Waals surface area contributed by atoms with Crippen LogP contribution in [0.3, 0.4) is 0 Å². The molecule has 8 heteroatoms. The van der Waals surface area contributed by atoms with Crippen molar-refractivity contribution in [3.63, 3.8) is 0 Å². The Morgan fingerprint density at radius 3 is 2.96 bits per heavy atom. The van der Waals surface area contributed by atoms with Gasteiger partial charge in [0.05, 0.1) is 11.1 Å². The van der Waals surface area contributed by atoms with Gasteiger partial charge in [0.15, 0.2) is 0 Å². The highest BCUT2D eigenvalue weighted by Gasteiger charge is 2.42. The zero-order valence-electron chi connectivity index (χ0n) is 12.6. The van der Waals surface area contributed by atoms with Crippen molar-refractivity contribution >= 4 is 35.1 Å². The number of nitrogens with one attached hydrogen (secondary N) is 2. The van der Waals surface area contributed by atoms with Crippen LogP contribution < -0.4 is 10.9 Å². The van der Waals surface area contributed by atoms with Crippen LogP contribution in [0.5, 0.6) is 0 Å². The highest BCUT2D eigenvalue weighted by atomic mass is 35.5. The summed E-state index contributed by atoms with van der Waals surface area (Å²) < 4.78 is 0. The summed E-state index contributed by atoms with van der Waals surface area (Å²) in [5.41, 5.74) is 1.94. The molecule has 124 valence electrons. The number of amides is 2. The molecule has 2 aromatic heterocycles. The minimum Gasteiger partial charge on any atom is -0.329 e. The van der Waals surface area contributed by atoms with Crippen molar-refractivity contribution in [3.05, 3.63) is 56.1 Å². The lowest BCUT2D eigenvalue weighted by atomic mass is 9.95. The highest BCUT2D eigenvalue weighted by molar-refractivity contribution is 6.41. The van der Waals surface area contributed by atoms with Crippen LogP contribution in [0.2, 0.25) is 10.2 Å². The lowest BCUT2D eigenvalue weighted by Crippen LogP contribution is -2.44. The number of pyridine rings is 2. The van der Waals surface area contributed by atoms with E-state index in [0.29, 0.717) is 17.3 Å². The van der Waals surface area contributed by atoms with Crippen LogP contribution in [0.15, 0.2) is 29.2 Å². The van der Waals surface area contributed by atoms with E-state index in [1.165, 1.54) is 0 Å². The molecule has 4 heterocycles. The van der Waals surface area contributed by atoms with Crippen LogP contribution in [0.4, 0.5) is 10.6 Å². The molecule has 24 heavy (non-hydrogen) atoms. The smallest absolute Gasteiger partial charge is 0.323 e. The number of hydrogen-bond donors (Lipinski definition) is 2. The molecule has 0 aromatic carbocycles. The summed E-state index contributed by atoms with van der Waals surface area (Å²) >= 11 is 11.7. The fourth-order valence-corrected chi connectivity index (χ4v) is 3.88. The Labute approximate surface area is 147 Å². The van der Waals surface area contributed by atoms with Crippen LogP contribution in [0.25, 0.3) is 0 Å². The Bertz CT molecular complexity index is 883. The molecule has 2 N–H and O–H groups in total. The molecule has 0 radical (unpaired) electrons. The number of hydrogen-bond acceptors (Lipinski definition) is 3. The monoisotopic (exact) mass is 364 g/mol. The second kappa shape index (κ2) is 5.79. The summed E-state index contributed by atoms with van der Waals surface area (Å²) in [6, 6.07) is 4.69. The number of carbonyl (C=O) groups excluding carboxylic acids is 1. The van der Waals surface area contributed by atoms with E-state index in [4.69, 9.17) is 23.2 Å². The van der Waals surface area contributed by atoms with Crippen LogP contribution in [-0.4, -0.2) is 26.9 Å². The van der Waals surface area contributed by atoms with Gasteiger partial charge in [-0.15, -0.1) is 0 Å². The van der Waals surface area contributed by atoms with Gasteiger partial charge < -0.3 is 9.88 Å². The Balaban J connectivity index is 1.60. The highest BCUT2D eigenvalue weighted by Crippen LogP contribution is 2.43. The maximum absolute atomic E-state index is 12.7. The quantitative estimate of drug-likeness (QED) is 0.761. The van der Waals surface area contributed by atoms with Gasteiger partial charge in [0, 0.05) is 18.3 Å². The standard InChI is InChI=1S/C16H14Cl2N4O2/c17-11-2-4-13(20-15(11)18)21-16(24)22-9-1-3-12(22)10-7-19-14(23)6-8(10)5-9/h2,4,6-7,9,12H,1,3,5H2,(H,19,23)(H,20,21,24)/t9-,12+/m0/s1. The van der Waals surface area contributed by atoms with E-state index in [-0.39, 0.29) is 28.8 Å². The average Bonchev–Trinajstić information content (AvgIpc) is 2.86. The number of nitrogens with zero attached hydrogens (tertiary/aromatic N) is 2. The fourth-order valence-electron chi connectivity index (χ4n) is 3.62. The van der Waals surface area contributed by atoms with Crippen LogP contribution in [0.1, 0.15) is 30.0 Å². The molecular formula is C16H14Cl2N4O2. The van der Waals surface area contributed by atoms with Crippen molar-refractivity contribution in [2.45, 2.75) is 31.3 Å². The van der Waals surface area contributed by atoms with E-state index >= 15 is 0 Å². The second-order valence-corrected chi connectivity index (χ2v) is 6.80. The number of rotatable bonds is 1. The molecule has 1 fully saturated rings. The van der Waals surface area contributed by atoms with Crippen LogP contribution >= 0.6 is 23.2 Å².